The predicted octanol–water partition coefficient (Wildman–Crippen LogP) is 2.51. The van der Waals surface area contributed by atoms with Gasteiger partial charge in [-0.15, -0.1) is 0 Å². The second kappa shape index (κ2) is 4.99. The average molecular weight is 307 g/mol. The summed E-state index contributed by atoms with van der Waals surface area (Å²) >= 11 is 0. The van der Waals surface area contributed by atoms with Gasteiger partial charge in [0.05, 0.1) is 17.4 Å². The normalized spacial score (nSPS) is 22.6. The van der Waals surface area contributed by atoms with Gasteiger partial charge in [0.15, 0.2) is 5.60 Å². The lowest BCUT2D eigenvalue weighted by molar-refractivity contribution is 0.0602. The molecular weight excluding hydrogens is 290 g/mol. The molecule has 0 aliphatic carbocycles. The Morgan fingerprint density at radius 3 is 2.78 bits per heavy atom. The molecule has 0 radical (unpaired) electrons. The van der Waals surface area contributed by atoms with Crippen molar-refractivity contribution in [3.05, 3.63) is 53.9 Å². The highest BCUT2D eigenvalue weighted by Crippen LogP contribution is 2.38. The van der Waals surface area contributed by atoms with Crippen molar-refractivity contribution in [3.8, 4) is 0 Å². The molecule has 1 unspecified atom stereocenters. The highest BCUT2D eigenvalue weighted by molar-refractivity contribution is 6.28. The van der Waals surface area contributed by atoms with Gasteiger partial charge in [-0.1, -0.05) is 19.1 Å². The highest BCUT2D eigenvalue weighted by Gasteiger charge is 2.52. The van der Waals surface area contributed by atoms with E-state index in [0.29, 0.717) is 30.1 Å². The third-order valence-corrected chi connectivity index (χ3v) is 4.63. The zero-order valence-electron chi connectivity index (χ0n) is 12.9. The van der Waals surface area contributed by atoms with Crippen LogP contribution in [0.1, 0.15) is 29.3 Å². The molecule has 1 aromatic carbocycles. The van der Waals surface area contributed by atoms with E-state index in [1.54, 1.807) is 18.5 Å². The lowest BCUT2D eigenvalue weighted by Crippen LogP contribution is -2.48. The number of ketones is 1. The quantitative estimate of drug-likeness (QED) is 0.926. The first kappa shape index (κ1) is 14.1. The Morgan fingerprint density at radius 2 is 2.04 bits per heavy atom. The fourth-order valence-electron chi connectivity index (χ4n) is 3.25. The van der Waals surface area contributed by atoms with Crippen LogP contribution in [0.3, 0.4) is 0 Å². The third-order valence-electron chi connectivity index (χ3n) is 4.63. The first-order chi connectivity index (χ1) is 11.1. The zero-order chi connectivity index (χ0) is 16.0. The fraction of sp³-hybridized carbons (Fsp3) is 0.278. The average Bonchev–Trinajstić information content (AvgIpc) is 2.93. The summed E-state index contributed by atoms with van der Waals surface area (Å²) in [5, 5.41) is 10.9. The molecule has 2 aliphatic rings. The maximum atomic E-state index is 12.7. The molecule has 3 heterocycles. The molecule has 0 amide bonds. The number of rotatable bonds is 2. The number of amidine groups is 1. The molecule has 0 spiro atoms. The van der Waals surface area contributed by atoms with Crippen LogP contribution in [0.15, 0.2) is 47.7 Å². The number of fused-ring (bicyclic) bond motifs is 2. The summed E-state index contributed by atoms with van der Waals surface area (Å²) in [4.78, 5) is 23.2. The van der Waals surface area contributed by atoms with Gasteiger partial charge in [0.1, 0.15) is 5.84 Å². The minimum absolute atomic E-state index is 0.285. The Bertz CT molecular complexity index is 813. The van der Waals surface area contributed by atoms with Crippen molar-refractivity contribution < 1.29 is 9.90 Å². The number of aliphatic hydroxyl groups is 1. The number of carbonyl (C=O) groups is 1. The number of aryl methyl sites for hydroxylation is 1. The molecule has 1 atom stereocenters. The molecule has 0 saturated carbocycles. The number of aliphatic imine (C=N–C) groups is 1. The van der Waals surface area contributed by atoms with Gasteiger partial charge in [0, 0.05) is 24.8 Å². The Labute approximate surface area is 134 Å². The topological polar surface area (TPSA) is 65.8 Å². The lowest BCUT2D eigenvalue weighted by atomic mass is 9.88. The Hall–Kier alpha value is -2.53. The van der Waals surface area contributed by atoms with Crippen molar-refractivity contribution in [3.63, 3.8) is 0 Å². The van der Waals surface area contributed by atoms with Crippen LogP contribution in [0.5, 0.6) is 0 Å². The summed E-state index contributed by atoms with van der Waals surface area (Å²) in [5.74, 6) is 0.125. The van der Waals surface area contributed by atoms with Crippen molar-refractivity contribution >= 4 is 23.0 Å². The molecule has 0 bridgehead atoms. The fourth-order valence-corrected chi connectivity index (χ4v) is 3.25. The van der Waals surface area contributed by atoms with Crippen molar-refractivity contribution in [1.82, 2.24) is 4.98 Å². The van der Waals surface area contributed by atoms with Crippen LogP contribution in [0, 0.1) is 0 Å². The van der Waals surface area contributed by atoms with E-state index in [9.17, 15) is 9.90 Å². The minimum Gasteiger partial charge on any atom is -0.374 e. The van der Waals surface area contributed by atoms with E-state index < -0.39 is 5.60 Å². The van der Waals surface area contributed by atoms with Crippen molar-refractivity contribution in [1.29, 1.82) is 0 Å². The zero-order valence-corrected chi connectivity index (χ0v) is 12.9. The number of carbonyl (C=O) groups excluding carboxylic acids is 1. The SMILES string of the molecule is CCc1ccc(N2CCC3(O)C(=O)c4ccncc4N=C23)cc1. The Kier molecular flexibility index (Phi) is 3.06. The molecule has 1 N–H and O–H groups in total. The number of nitrogens with zero attached hydrogens (tertiary/aromatic N) is 3. The summed E-state index contributed by atoms with van der Waals surface area (Å²) in [5.41, 5.74) is 1.62. The molecule has 2 aromatic rings. The Balaban J connectivity index is 1.81. The number of Topliss-reactive ketones (excluding diaryl/α,β-unsaturated/α-hetero) is 1. The van der Waals surface area contributed by atoms with E-state index in [4.69, 9.17) is 0 Å². The second-order valence-corrected chi connectivity index (χ2v) is 5.94. The number of anilines is 1. The van der Waals surface area contributed by atoms with Crippen LogP contribution in [0.4, 0.5) is 11.4 Å². The summed E-state index contributed by atoms with van der Waals surface area (Å²) in [6.45, 7) is 2.67. The van der Waals surface area contributed by atoms with Gasteiger partial charge in [-0.2, -0.15) is 0 Å². The molecule has 1 saturated heterocycles. The summed E-state index contributed by atoms with van der Waals surface area (Å²) in [7, 11) is 0. The second-order valence-electron chi connectivity index (χ2n) is 5.94. The number of aromatic nitrogens is 1. The van der Waals surface area contributed by atoms with Crippen LogP contribution in [-0.4, -0.2) is 33.9 Å². The number of hydrogen-bond donors (Lipinski definition) is 1. The van der Waals surface area contributed by atoms with Gasteiger partial charge in [-0.05, 0) is 30.2 Å². The molecule has 4 rings (SSSR count). The van der Waals surface area contributed by atoms with Gasteiger partial charge >= 0.3 is 0 Å². The summed E-state index contributed by atoms with van der Waals surface area (Å²) in [6, 6.07) is 9.77. The van der Waals surface area contributed by atoms with E-state index in [1.807, 2.05) is 17.0 Å². The first-order valence-corrected chi connectivity index (χ1v) is 7.80. The van der Waals surface area contributed by atoms with E-state index in [2.05, 4.69) is 29.0 Å². The van der Waals surface area contributed by atoms with Crippen LogP contribution in [-0.2, 0) is 6.42 Å². The van der Waals surface area contributed by atoms with Crippen LogP contribution in [0.2, 0.25) is 0 Å². The van der Waals surface area contributed by atoms with Crippen molar-refractivity contribution in [2.45, 2.75) is 25.4 Å². The highest BCUT2D eigenvalue weighted by atomic mass is 16.3. The van der Waals surface area contributed by atoms with Crippen LogP contribution < -0.4 is 4.90 Å². The van der Waals surface area contributed by atoms with E-state index in [-0.39, 0.29) is 5.78 Å². The van der Waals surface area contributed by atoms with E-state index >= 15 is 0 Å². The lowest BCUT2D eigenvalue weighted by Gasteiger charge is -2.29. The van der Waals surface area contributed by atoms with Crippen molar-refractivity contribution in [2.24, 2.45) is 4.99 Å². The maximum Gasteiger partial charge on any atom is 0.204 e. The minimum atomic E-state index is -1.53. The number of pyridine rings is 1. The molecule has 1 aromatic heterocycles. The standard InChI is InChI=1S/C18H17N3O2/c1-2-12-3-5-13(6-4-12)21-10-8-18(23)16(22)14-7-9-19-11-15(14)20-17(18)21/h3-7,9,11,23H,2,8,10H2,1H3. The summed E-state index contributed by atoms with van der Waals surface area (Å²) in [6.07, 6.45) is 4.44. The molecule has 1 fully saturated rings. The van der Waals surface area contributed by atoms with Crippen LogP contribution in [0.25, 0.3) is 0 Å². The molecular formula is C18H17N3O2. The van der Waals surface area contributed by atoms with Crippen molar-refractivity contribution in [2.75, 3.05) is 11.4 Å². The van der Waals surface area contributed by atoms with E-state index in [0.717, 1.165) is 12.1 Å². The van der Waals surface area contributed by atoms with Crippen LogP contribution >= 0.6 is 0 Å². The van der Waals surface area contributed by atoms with Gasteiger partial charge in [0.25, 0.3) is 0 Å². The maximum absolute atomic E-state index is 12.7. The molecule has 5 heteroatoms. The predicted molar refractivity (Wildman–Crippen MR) is 88.4 cm³/mol. The number of hydrogen-bond acceptors (Lipinski definition) is 5. The van der Waals surface area contributed by atoms with E-state index in [1.165, 1.54) is 5.56 Å². The Morgan fingerprint density at radius 1 is 1.26 bits per heavy atom. The van der Waals surface area contributed by atoms with Gasteiger partial charge < -0.3 is 10.0 Å². The van der Waals surface area contributed by atoms with Gasteiger partial charge in [-0.3, -0.25) is 9.78 Å². The van der Waals surface area contributed by atoms with Gasteiger partial charge in [0.2, 0.25) is 5.78 Å². The largest absolute Gasteiger partial charge is 0.374 e. The molecule has 23 heavy (non-hydrogen) atoms. The smallest absolute Gasteiger partial charge is 0.204 e. The third kappa shape index (κ3) is 2.00. The van der Waals surface area contributed by atoms with Gasteiger partial charge in [-0.25, -0.2) is 4.99 Å². The first-order valence-electron chi connectivity index (χ1n) is 7.80. The summed E-state index contributed by atoms with van der Waals surface area (Å²) < 4.78 is 0. The monoisotopic (exact) mass is 307 g/mol. The molecule has 5 nitrogen and oxygen atoms in total. The molecule has 2 aliphatic heterocycles. The number of benzene rings is 1. The molecule has 116 valence electrons.